The molecule has 2 aliphatic rings. The van der Waals surface area contributed by atoms with Crippen molar-refractivity contribution in [2.45, 2.75) is 18.7 Å². The van der Waals surface area contributed by atoms with Crippen LogP contribution in [0.25, 0.3) is 0 Å². The van der Waals surface area contributed by atoms with Crippen LogP contribution in [0.1, 0.15) is 15.2 Å². The second-order valence-electron chi connectivity index (χ2n) is 6.00. The molecule has 0 bridgehead atoms. The van der Waals surface area contributed by atoms with Gasteiger partial charge in [0, 0.05) is 19.6 Å². The number of amides is 2. The lowest BCUT2D eigenvalue weighted by Crippen LogP contribution is -2.53. The van der Waals surface area contributed by atoms with Crippen molar-refractivity contribution in [2.75, 3.05) is 19.7 Å². The van der Waals surface area contributed by atoms with Crippen molar-refractivity contribution in [2.24, 2.45) is 0 Å². The number of morpholine rings is 1. The Labute approximate surface area is 143 Å². The van der Waals surface area contributed by atoms with Gasteiger partial charge < -0.3 is 14.5 Å². The molecule has 0 saturated carbocycles. The van der Waals surface area contributed by atoms with Gasteiger partial charge in [0.1, 0.15) is 11.5 Å². The molecule has 2 aliphatic heterocycles. The van der Waals surface area contributed by atoms with Gasteiger partial charge in [-0.1, -0.05) is 30.3 Å². The van der Waals surface area contributed by atoms with Crippen LogP contribution in [0.5, 0.6) is 0 Å². The average molecular weight is 343 g/mol. The Kier molecular flexibility index (Phi) is 4.03. The van der Waals surface area contributed by atoms with Gasteiger partial charge in [0.25, 0.3) is 5.91 Å². The molecule has 0 unspecified atom stereocenters. The average Bonchev–Trinajstić information content (AvgIpc) is 3.27. The highest BCUT2D eigenvalue weighted by atomic mass is 32.1. The number of likely N-dealkylation sites (tertiary alicyclic amines) is 1. The first-order valence-corrected chi connectivity index (χ1v) is 8.73. The van der Waals surface area contributed by atoms with Crippen LogP contribution in [0.2, 0.25) is 0 Å². The van der Waals surface area contributed by atoms with Crippen molar-refractivity contribution in [3.63, 3.8) is 0 Å². The molecule has 7 heteroatoms. The smallest absolute Gasteiger partial charge is 0.265 e. The van der Waals surface area contributed by atoms with Crippen LogP contribution in [-0.2, 0) is 16.1 Å². The van der Waals surface area contributed by atoms with Gasteiger partial charge in [-0.05, 0) is 5.56 Å². The van der Waals surface area contributed by atoms with Crippen LogP contribution in [0, 0.1) is 0 Å². The zero-order valence-corrected chi connectivity index (χ0v) is 13.8. The standard InChI is InChI=1S/C17H17N3O3S/c21-16-10-23-14-9-19(17(22)15-6-18-11-24-15)8-13(14)20(16)7-12-4-2-1-3-5-12/h1-6,11,13-14H,7-10H2/t13-,14-/m1/s1. The zero-order valence-electron chi connectivity index (χ0n) is 13.0. The quantitative estimate of drug-likeness (QED) is 0.845. The lowest BCUT2D eigenvalue weighted by molar-refractivity contribution is -0.153. The van der Waals surface area contributed by atoms with Crippen molar-refractivity contribution in [3.8, 4) is 0 Å². The maximum Gasteiger partial charge on any atom is 0.265 e. The number of hydrogen-bond donors (Lipinski definition) is 0. The number of ether oxygens (including phenoxy) is 1. The predicted molar refractivity (Wildman–Crippen MR) is 88.5 cm³/mol. The molecule has 124 valence electrons. The number of nitrogens with zero attached hydrogens (tertiary/aromatic N) is 3. The minimum absolute atomic E-state index is 0.0211. The summed E-state index contributed by atoms with van der Waals surface area (Å²) >= 11 is 1.33. The van der Waals surface area contributed by atoms with E-state index in [1.54, 1.807) is 16.6 Å². The lowest BCUT2D eigenvalue weighted by Gasteiger charge is -2.36. The van der Waals surface area contributed by atoms with Crippen molar-refractivity contribution >= 4 is 23.2 Å². The summed E-state index contributed by atoms with van der Waals surface area (Å²) < 4.78 is 5.68. The number of carbonyl (C=O) groups excluding carboxylic acids is 2. The van der Waals surface area contributed by atoms with Crippen molar-refractivity contribution in [1.82, 2.24) is 14.8 Å². The largest absolute Gasteiger partial charge is 0.364 e. The number of hydrogen-bond acceptors (Lipinski definition) is 5. The molecule has 2 saturated heterocycles. The Morgan fingerprint density at radius 2 is 2.12 bits per heavy atom. The molecule has 3 heterocycles. The molecule has 2 amide bonds. The summed E-state index contributed by atoms with van der Waals surface area (Å²) in [5.74, 6) is -0.0604. The van der Waals surface area contributed by atoms with E-state index in [9.17, 15) is 9.59 Å². The summed E-state index contributed by atoms with van der Waals surface area (Å²) in [6.45, 7) is 1.64. The second-order valence-corrected chi connectivity index (χ2v) is 6.89. The Hall–Kier alpha value is -2.25. The molecule has 1 aromatic carbocycles. The summed E-state index contributed by atoms with van der Waals surface area (Å²) in [6.07, 6.45) is 1.46. The molecule has 1 aromatic heterocycles. The van der Waals surface area contributed by atoms with E-state index < -0.39 is 0 Å². The SMILES string of the molecule is O=C(c1cncs1)N1C[C@@H]2[C@@H](C1)OCC(=O)N2Cc1ccccc1. The van der Waals surface area contributed by atoms with E-state index >= 15 is 0 Å². The van der Waals surface area contributed by atoms with Crippen LogP contribution >= 0.6 is 11.3 Å². The molecule has 24 heavy (non-hydrogen) atoms. The van der Waals surface area contributed by atoms with Gasteiger partial charge in [-0.3, -0.25) is 14.6 Å². The van der Waals surface area contributed by atoms with Crippen molar-refractivity contribution < 1.29 is 14.3 Å². The number of fused-ring (bicyclic) bond motifs is 1. The highest BCUT2D eigenvalue weighted by molar-refractivity contribution is 7.11. The fourth-order valence-electron chi connectivity index (χ4n) is 3.29. The Bertz CT molecular complexity index is 735. The lowest BCUT2D eigenvalue weighted by atomic mass is 10.1. The molecular weight excluding hydrogens is 326 g/mol. The van der Waals surface area contributed by atoms with Crippen LogP contribution < -0.4 is 0 Å². The van der Waals surface area contributed by atoms with Crippen molar-refractivity contribution in [1.29, 1.82) is 0 Å². The highest BCUT2D eigenvalue weighted by Gasteiger charge is 2.44. The van der Waals surface area contributed by atoms with E-state index in [0.717, 1.165) is 5.56 Å². The van der Waals surface area contributed by atoms with E-state index in [4.69, 9.17) is 4.74 Å². The first-order valence-electron chi connectivity index (χ1n) is 7.85. The van der Waals surface area contributed by atoms with E-state index in [2.05, 4.69) is 4.98 Å². The van der Waals surface area contributed by atoms with Gasteiger partial charge in [0.15, 0.2) is 0 Å². The molecule has 0 radical (unpaired) electrons. The number of thiazole rings is 1. The molecule has 6 nitrogen and oxygen atoms in total. The molecule has 2 fully saturated rings. The summed E-state index contributed by atoms with van der Waals surface area (Å²) in [5.41, 5.74) is 2.73. The van der Waals surface area contributed by atoms with E-state index in [0.29, 0.717) is 24.5 Å². The molecule has 2 aromatic rings. The normalized spacial score (nSPS) is 23.4. The summed E-state index contributed by atoms with van der Waals surface area (Å²) in [5, 5.41) is 0. The van der Waals surface area contributed by atoms with Gasteiger partial charge in [0.2, 0.25) is 5.91 Å². The third-order valence-electron chi connectivity index (χ3n) is 4.50. The first-order chi connectivity index (χ1) is 11.7. The fraction of sp³-hybridized carbons (Fsp3) is 0.353. The van der Waals surface area contributed by atoms with Crippen molar-refractivity contribution in [3.05, 3.63) is 52.5 Å². The summed E-state index contributed by atoms with van der Waals surface area (Å²) in [7, 11) is 0. The van der Waals surface area contributed by atoms with Crippen LogP contribution in [0.3, 0.4) is 0 Å². The third-order valence-corrected chi connectivity index (χ3v) is 5.27. The third kappa shape index (κ3) is 2.81. The topological polar surface area (TPSA) is 62.7 Å². The molecule has 0 N–H and O–H groups in total. The minimum atomic E-state index is -0.122. The van der Waals surface area contributed by atoms with Gasteiger partial charge in [-0.2, -0.15) is 0 Å². The maximum atomic E-state index is 12.5. The zero-order chi connectivity index (χ0) is 16.5. The van der Waals surface area contributed by atoms with Gasteiger partial charge in [-0.25, -0.2) is 0 Å². The summed E-state index contributed by atoms with van der Waals surface area (Å²) in [4.78, 5) is 33.1. The Morgan fingerprint density at radius 3 is 2.88 bits per heavy atom. The van der Waals surface area contributed by atoms with E-state index in [-0.39, 0.29) is 30.6 Å². The van der Waals surface area contributed by atoms with E-state index in [1.807, 2.05) is 35.2 Å². The molecular formula is C17H17N3O3S. The molecule has 4 rings (SSSR count). The van der Waals surface area contributed by atoms with Crippen LogP contribution in [0.15, 0.2) is 42.0 Å². The Balaban J connectivity index is 1.52. The summed E-state index contributed by atoms with van der Waals surface area (Å²) in [6, 6.07) is 9.81. The number of aromatic nitrogens is 1. The van der Waals surface area contributed by atoms with Crippen LogP contribution in [0.4, 0.5) is 0 Å². The second kappa shape index (κ2) is 6.33. The molecule has 0 spiro atoms. The van der Waals surface area contributed by atoms with Crippen LogP contribution in [-0.4, -0.2) is 58.4 Å². The maximum absolute atomic E-state index is 12.5. The molecule has 0 aliphatic carbocycles. The monoisotopic (exact) mass is 343 g/mol. The molecule has 2 atom stereocenters. The first kappa shape index (κ1) is 15.3. The minimum Gasteiger partial charge on any atom is -0.364 e. The Morgan fingerprint density at radius 1 is 1.29 bits per heavy atom. The van der Waals surface area contributed by atoms with E-state index in [1.165, 1.54) is 11.3 Å². The number of benzene rings is 1. The van der Waals surface area contributed by atoms with Gasteiger partial charge in [0.05, 0.1) is 23.9 Å². The predicted octanol–water partition coefficient (Wildman–Crippen LogP) is 1.40. The number of rotatable bonds is 3. The number of carbonyl (C=O) groups is 2. The van der Waals surface area contributed by atoms with Gasteiger partial charge in [-0.15, -0.1) is 11.3 Å². The fourth-order valence-corrected chi connectivity index (χ4v) is 3.88. The van der Waals surface area contributed by atoms with Gasteiger partial charge >= 0.3 is 0 Å². The highest BCUT2D eigenvalue weighted by Crippen LogP contribution is 2.26.